The second-order valence-corrected chi connectivity index (χ2v) is 5.67. The fourth-order valence-electron chi connectivity index (χ4n) is 1.54. The molecule has 0 unspecified atom stereocenters. The maximum Gasteiger partial charge on any atom is 0.211 e. The van der Waals surface area contributed by atoms with Gasteiger partial charge in [0.05, 0.1) is 12.8 Å². The summed E-state index contributed by atoms with van der Waals surface area (Å²) in [6.45, 7) is 5.35. The normalized spacial score (nSPS) is 16.1. The quantitative estimate of drug-likeness (QED) is 0.604. The Bertz CT molecular complexity index is 339. The van der Waals surface area contributed by atoms with Gasteiger partial charge in [-0.25, -0.2) is 12.7 Å². The number of hydrogen-bond donors (Lipinski definition) is 2. The summed E-state index contributed by atoms with van der Waals surface area (Å²) < 4.78 is 24.0. The zero-order valence-electron chi connectivity index (χ0n) is 9.86. The molecule has 0 aromatic carbocycles. The Balaban J connectivity index is 2.18. The monoisotopic (exact) mass is 248 g/mol. The van der Waals surface area contributed by atoms with Crippen LogP contribution in [0.3, 0.4) is 0 Å². The standard InChI is InChI=1S/C9H20N4O2S/c1-3-13(16(2,14)15)8-4-5-10-9-11-6-7-12-9/h3-8H2,1-2H3,(H2,10,11,12). The first-order valence-corrected chi connectivity index (χ1v) is 7.36. The number of nitrogens with one attached hydrogen (secondary N) is 2. The lowest BCUT2D eigenvalue weighted by Gasteiger charge is -2.17. The van der Waals surface area contributed by atoms with Crippen molar-refractivity contribution in [2.45, 2.75) is 13.3 Å². The summed E-state index contributed by atoms with van der Waals surface area (Å²) in [5, 5.41) is 6.23. The SMILES string of the molecule is CCN(CCCNC1=NCCN1)S(C)(=O)=O. The summed E-state index contributed by atoms with van der Waals surface area (Å²) in [5.74, 6) is 0.822. The maximum atomic E-state index is 11.3. The van der Waals surface area contributed by atoms with Crippen LogP contribution in [0, 0.1) is 0 Å². The molecule has 94 valence electrons. The molecule has 0 aliphatic carbocycles. The number of sulfonamides is 1. The van der Waals surface area contributed by atoms with E-state index in [4.69, 9.17) is 0 Å². The van der Waals surface area contributed by atoms with Crippen molar-refractivity contribution in [2.75, 3.05) is 39.0 Å². The Kier molecular flexibility index (Phi) is 5.01. The molecule has 16 heavy (non-hydrogen) atoms. The van der Waals surface area contributed by atoms with E-state index in [2.05, 4.69) is 15.6 Å². The van der Waals surface area contributed by atoms with Gasteiger partial charge in [-0.15, -0.1) is 0 Å². The second kappa shape index (κ2) is 6.05. The maximum absolute atomic E-state index is 11.3. The van der Waals surface area contributed by atoms with E-state index in [9.17, 15) is 8.42 Å². The molecule has 1 rings (SSSR count). The van der Waals surface area contributed by atoms with Crippen LogP contribution >= 0.6 is 0 Å². The molecule has 0 spiro atoms. The highest BCUT2D eigenvalue weighted by Gasteiger charge is 2.13. The van der Waals surface area contributed by atoms with Gasteiger partial charge in [0.2, 0.25) is 10.0 Å². The lowest BCUT2D eigenvalue weighted by atomic mass is 10.4. The van der Waals surface area contributed by atoms with Crippen molar-refractivity contribution >= 4 is 16.0 Å². The van der Waals surface area contributed by atoms with Crippen molar-refractivity contribution in [2.24, 2.45) is 4.99 Å². The smallest absolute Gasteiger partial charge is 0.211 e. The molecule has 1 aliphatic heterocycles. The summed E-state index contributed by atoms with van der Waals surface area (Å²) in [7, 11) is -3.05. The Morgan fingerprint density at radius 3 is 2.81 bits per heavy atom. The zero-order valence-corrected chi connectivity index (χ0v) is 10.7. The molecule has 0 radical (unpaired) electrons. The van der Waals surface area contributed by atoms with Gasteiger partial charge in [-0.3, -0.25) is 4.99 Å². The summed E-state index contributed by atoms with van der Waals surface area (Å²) >= 11 is 0. The van der Waals surface area contributed by atoms with E-state index in [1.807, 2.05) is 6.92 Å². The Morgan fingerprint density at radius 2 is 2.31 bits per heavy atom. The molecule has 0 saturated carbocycles. The average Bonchev–Trinajstić information content (AvgIpc) is 2.68. The molecule has 2 N–H and O–H groups in total. The molecule has 1 aliphatic rings. The van der Waals surface area contributed by atoms with E-state index in [1.54, 1.807) is 0 Å². The van der Waals surface area contributed by atoms with Crippen LogP contribution < -0.4 is 10.6 Å². The van der Waals surface area contributed by atoms with Crippen LogP contribution in [0.5, 0.6) is 0 Å². The Morgan fingerprint density at radius 1 is 1.56 bits per heavy atom. The van der Waals surface area contributed by atoms with E-state index >= 15 is 0 Å². The number of guanidine groups is 1. The third-order valence-corrected chi connectivity index (χ3v) is 3.75. The molecule has 0 aromatic heterocycles. The van der Waals surface area contributed by atoms with Gasteiger partial charge in [0.1, 0.15) is 0 Å². The van der Waals surface area contributed by atoms with Crippen molar-refractivity contribution in [3.63, 3.8) is 0 Å². The van der Waals surface area contributed by atoms with Gasteiger partial charge < -0.3 is 10.6 Å². The van der Waals surface area contributed by atoms with Crippen LogP contribution in [0.4, 0.5) is 0 Å². The Hall–Kier alpha value is -0.820. The van der Waals surface area contributed by atoms with Gasteiger partial charge in [-0.1, -0.05) is 6.92 Å². The first kappa shape index (κ1) is 13.2. The van der Waals surface area contributed by atoms with Crippen molar-refractivity contribution in [1.29, 1.82) is 0 Å². The number of rotatable bonds is 6. The lowest BCUT2D eigenvalue weighted by Crippen LogP contribution is -2.37. The van der Waals surface area contributed by atoms with E-state index < -0.39 is 10.0 Å². The van der Waals surface area contributed by atoms with Crippen molar-refractivity contribution in [1.82, 2.24) is 14.9 Å². The minimum Gasteiger partial charge on any atom is -0.356 e. The van der Waals surface area contributed by atoms with Crippen LogP contribution in [-0.2, 0) is 10.0 Å². The molecule has 0 saturated heterocycles. The summed E-state index contributed by atoms with van der Waals surface area (Å²) in [4.78, 5) is 4.18. The second-order valence-electron chi connectivity index (χ2n) is 3.69. The number of hydrogen-bond acceptors (Lipinski definition) is 5. The summed E-state index contributed by atoms with van der Waals surface area (Å²) in [6, 6.07) is 0. The average molecular weight is 248 g/mol. The summed E-state index contributed by atoms with van der Waals surface area (Å²) in [6.07, 6.45) is 2.02. The highest BCUT2D eigenvalue weighted by Crippen LogP contribution is 1.98. The van der Waals surface area contributed by atoms with Gasteiger partial charge >= 0.3 is 0 Å². The molecule has 0 aromatic rings. The van der Waals surface area contributed by atoms with Crippen molar-refractivity contribution in [3.05, 3.63) is 0 Å². The summed E-state index contributed by atoms with van der Waals surface area (Å²) in [5.41, 5.74) is 0. The zero-order chi connectivity index (χ0) is 12.0. The van der Waals surface area contributed by atoms with Crippen LogP contribution in [0.15, 0.2) is 4.99 Å². The fourth-order valence-corrected chi connectivity index (χ4v) is 2.47. The molecular formula is C9H20N4O2S. The largest absolute Gasteiger partial charge is 0.356 e. The third-order valence-electron chi connectivity index (χ3n) is 2.37. The topological polar surface area (TPSA) is 73.8 Å². The molecule has 0 amide bonds. The highest BCUT2D eigenvalue weighted by molar-refractivity contribution is 7.88. The van der Waals surface area contributed by atoms with Crippen LogP contribution in [0.2, 0.25) is 0 Å². The Labute approximate surface area is 97.2 Å². The highest BCUT2D eigenvalue weighted by atomic mass is 32.2. The minimum atomic E-state index is -3.05. The van der Waals surface area contributed by atoms with E-state index in [-0.39, 0.29) is 0 Å². The van der Waals surface area contributed by atoms with Gasteiger partial charge in [0.15, 0.2) is 5.96 Å². The number of aliphatic imine (C=N–C) groups is 1. The number of nitrogens with zero attached hydrogens (tertiary/aromatic N) is 2. The van der Waals surface area contributed by atoms with Gasteiger partial charge in [0.25, 0.3) is 0 Å². The van der Waals surface area contributed by atoms with Gasteiger partial charge in [0, 0.05) is 26.2 Å². The van der Waals surface area contributed by atoms with E-state index in [0.717, 1.165) is 32.0 Å². The molecule has 7 heteroatoms. The molecule has 0 fully saturated rings. The van der Waals surface area contributed by atoms with Crippen LogP contribution in [-0.4, -0.2) is 57.7 Å². The van der Waals surface area contributed by atoms with E-state index in [0.29, 0.717) is 13.1 Å². The first-order chi connectivity index (χ1) is 7.54. The minimum absolute atomic E-state index is 0.526. The molecule has 1 heterocycles. The van der Waals surface area contributed by atoms with Gasteiger partial charge in [-0.05, 0) is 6.42 Å². The molecule has 6 nitrogen and oxygen atoms in total. The fraction of sp³-hybridized carbons (Fsp3) is 0.889. The first-order valence-electron chi connectivity index (χ1n) is 5.51. The predicted octanol–water partition coefficient (Wildman–Crippen LogP) is -0.793. The molecular weight excluding hydrogens is 228 g/mol. The predicted molar refractivity (Wildman–Crippen MR) is 65.0 cm³/mol. The van der Waals surface area contributed by atoms with Crippen molar-refractivity contribution < 1.29 is 8.42 Å². The van der Waals surface area contributed by atoms with E-state index in [1.165, 1.54) is 10.6 Å². The van der Waals surface area contributed by atoms with Crippen LogP contribution in [0.25, 0.3) is 0 Å². The van der Waals surface area contributed by atoms with Gasteiger partial charge in [-0.2, -0.15) is 0 Å². The molecule has 0 atom stereocenters. The molecule has 0 bridgehead atoms. The lowest BCUT2D eigenvalue weighted by molar-refractivity contribution is 0.424. The van der Waals surface area contributed by atoms with Crippen molar-refractivity contribution in [3.8, 4) is 0 Å². The van der Waals surface area contributed by atoms with Crippen LogP contribution in [0.1, 0.15) is 13.3 Å². The third kappa shape index (κ3) is 4.36.